The van der Waals surface area contributed by atoms with Crippen molar-refractivity contribution in [1.82, 2.24) is 19.9 Å². The molecule has 0 atom stereocenters. The molecule has 2 heterocycles. The Bertz CT molecular complexity index is 1250. The van der Waals surface area contributed by atoms with Crippen molar-refractivity contribution in [3.63, 3.8) is 0 Å². The largest absolute Gasteiger partial charge is 0.492 e. The number of aromatic amines is 1. The number of hydrogen-bond acceptors (Lipinski definition) is 5. The summed E-state index contributed by atoms with van der Waals surface area (Å²) in [6.07, 6.45) is 3.40. The molecule has 33 heavy (non-hydrogen) atoms. The van der Waals surface area contributed by atoms with E-state index in [-0.39, 0.29) is 10.6 Å². The number of carboxylic acid groups (broad SMARTS) is 1. The maximum absolute atomic E-state index is 11.6. The molecule has 7 nitrogen and oxygen atoms in total. The number of carbonyl (C=O) groups is 1. The van der Waals surface area contributed by atoms with Crippen molar-refractivity contribution in [2.75, 3.05) is 27.2 Å². The summed E-state index contributed by atoms with van der Waals surface area (Å²) < 4.78 is 5.77. The molecule has 0 amide bonds. The molecule has 0 saturated carbocycles. The van der Waals surface area contributed by atoms with Crippen LogP contribution in [-0.4, -0.2) is 58.2 Å². The zero-order valence-electron chi connectivity index (χ0n) is 18.2. The third-order valence-electron chi connectivity index (χ3n) is 5.08. The van der Waals surface area contributed by atoms with Gasteiger partial charge in [0.2, 0.25) is 0 Å². The minimum Gasteiger partial charge on any atom is -0.492 e. The quantitative estimate of drug-likeness (QED) is 0.378. The van der Waals surface area contributed by atoms with Crippen molar-refractivity contribution in [3.8, 4) is 39.7 Å². The van der Waals surface area contributed by atoms with Crippen LogP contribution in [0.4, 0.5) is 0 Å². The molecule has 0 spiro atoms. The monoisotopic (exact) mass is 462 g/mol. The Balaban J connectivity index is 1.72. The fraction of sp³-hybridized carbons (Fsp3) is 0.160. The van der Waals surface area contributed by atoms with Gasteiger partial charge in [0, 0.05) is 35.6 Å². The van der Waals surface area contributed by atoms with E-state index in [0.29, 0.717) is 23.7 Å². The Kier molecular flexibility index (Phi) is 6.72. The summed E-state index contributed by atoms with van der Waals surface area (Å²) in [5, 5.41) is 9.67. The highest BCUT2D eigenvalue weighted by Crippen LogP contribution is 2.34. The summed E-state index contributed by atoms with van der Waals surface area (Å²) in [7, 11) is 4.00. The van der Waals surface area contributed by atoms with Gasteiger partial charge < -0.3 is 19.7 Å². The molecule has 0 fully saturated rings. The Morgan fingerprint density at radius 3 is 2.39 bits per heavy atom. The highest BCUT2D eigenvalue weighted by atomic mass is 35.5. The lowest BCUT2D eigenvalue weighted by molar-refractivity contribution is 0.0697. The molecule has 0 aliphatic heterocycles. The first kappa shape index (κ1) is 22.5. The molecular formula is C25H23ClN4O3. The van der Waals surface area contributed by atoms with Crippen molar-refractivity contribution in [2.45, 2.75) is 0 Å². The van der Waals surface area contributed by atoms with Crippen LogP contribution in [0.25, 0.3) is 33.9 Å². The van der Waals surface area contributed by atoms with Crippen molar-refractivity contribution < 1.29 is 14.6 Å². The first-order valence-electron chi connectivity index (χ1n) is 10.3. The van der Waals surface area contributed by atoms with Crippen molar-refractivity contribution in [2.24, 2.45) is 0 Å². The van der Waals surface area contributed by atoms with E-state index in [1.165, 1.54) is 6.07 Å². The summed E-state index contributed by atoms with van der Waals surface area (Å²) in [5.74, 6) is 0.349. The number of aromatic nitrogens is 3. The number of likely N-dealkylation sites (N-methyl/N-ethyl adjacent to an activating group) is 1. The van der Waals surface area contributed by atoms with Crippen LogP contribution in [0.15, 0.2) is 67.0 Å². The SMILES string of the molecule is CN(C)CCOc1ccc(-c2nc(-c3ccc(Cl)c(C(=O)O)c3)c(-c3ccncc3)[nH]2)cc1. The van der Waals surface area contributed by atoms with E-state index in [9.17, 15) is 9.90 Å². The Hall–Kier alpha value is -3.68. The molecule has 0 saturated heterocycles. The average Bonchev–Trinajstić information content (AvgIpc) is 3.25. The number of ether oxygens (including phenoxy) is 1. The van der Waals surface area contributed by atoms with Crippen molar-refractivity contribution in [3.05, 3.63) is 77.6 Å². The number of nitrogens with zero attached hydrogens (tertiary/aromatic N) is 3. The Morgan fingerprint density at radius 1 is 1.03 bits per heavy atom. The van der Waals surface area contributed by atoms with Gasteiger partial charge >= 0.3 is 5.97 Å². The minimum atomic E-state index is -1.09. The zero-order chi connectivity index (χ0) is 23.4. The summed E-state index contributed by atoms with van der Waals surface area (Å²) in [6.45, 7) is 1.43. The molecule has 4 rings (SSSR count). The predicted molar refractivity (Wildman–Crippen MR) is 129 cm³/mol. The number of aromatic carboxylic acids is 1. The van der Waals surface area contributed by atoms with Gasteiger partial charge in [-0.05, 0) is 62.6 Å². The summed E-state index contributed by atoms with van der Waals surface area (Å²) >= 11 is 6.07. The number of halogens is 1. The molecule has 2 aromatic carbocycles. The number of carboxylic acids is 1. The number of H-pyrrole nitrogens is 1. The summed E-state index contributed by atoms with van der Waals surface area (Å²) in [6, 6.07) is 16.3. The van der Waals surface area contributed by atoms with E-state index in [0.717, 1.165) is 29.1 Å². The van der Waals surface area contributed by atoms with Gasteiger partial charge in [0.15, 0.2) is 0 Å². The second kappa shape index (κ2) is 9.85. The van der Waals surface area contributed by atoms with Gasteiger partial charge in [0.1, 0.15) is 18.2 Å². The second-order valence-electron chi connectivity index (χ2n) is 7.72. The number of pyridine rings is 1. The molecule has 0 bridgehead atoms. The third kappa shape index (κ3) is 5.22. The van der Waals surface area contributed by atoms with E-state index in [4.69, 9.17) is 21.3 Å². The fourth-order valence-corrected chi connectivity index (χ4v) is 3.54. The van der Waals surface area contributed by atoms with E-state index >= 15 is 0 Å². The van der Waals surface area contributed by atoms with Crippen LogP contribution in [-0.2, 0) is 0 Å². The topological polar surface area (TPSA) is 91.3 Å². The van der Waals surface area contributed by atoms with Gasteiger partial charge in [-0.1, -0.05) is 17.7 Å². The molecule has 2 N–H and O–H groups in total. The Labute approximate surface area is 196 Å². The van der Waals surface area contributed by atoms with Gasteiger partial charge in [-0.25, -0.2) is 9.78 Å². The third-order valence-corrected chi connectivity index (χ3v) is 5.41. The van der Waals surface area contributed by atoms with Gasteiger partial charge in [0.25, 0.3) is 0 Å². The molecule has 0 aliphatic rings. The molecule has 0 aliphatic carbocycles. The van der Waals surface area contributed by atoms with Gasteiger partial charge in [-0.15, -0.1) is 0 Å². The standard InChI is InChI=1S/C25H23ClN4O3/c1-30(2)13-14-33-19-6-3-17(4-7-19)24-28-22(16-9-11-27-12-10-16)23(29-24)18-5-8-21(26)20(15-18)25(31)32/h3-12,15H,13-14H2,1-2H3,(H,28,29)(H,31,32). The molecule has 168 valence electrons. The molecule has 0 radical (unpaired) electrons. The maximum atomic E-state index is 11.6. The fourth-order valence-electron chi connectivity index (χ4n) is 3.34. The highest BCUT2D eigenvalue weighted by Gasteiger charge is 2.18. The van der Waals surface area contributed by atoms with E-state index in [1.807, 2.05) is 50.5 Å². The first-order chi connectivity index (χ1) is 15.9. The smallest absolute Gasteiger partial charge is 0.337 e. The lowest BCUT2D eigenvalue weighted by atomic mass is 10.0. The van der Waals surface area contributed by atoms with Crippen LogP contribution in [0.2, 0.25) is 5.02 Å². The number of hydrogen-bond donors (Lipinski definition) is 2. The first-order valence-corrected chi connectivity index (χ1v) is 10.7. The van der Waals surface area contributed by atoms with Gasteiger partial charge in [-0.3, -0.25) is 4.98 Å². The number of benzene rings is 2. The van der Waals surface area contributed by atoms with Crippen LogP contribution in [0, 0.1) is 0 Å². The second-order valence-corrected chi connectivity index (χ2v) is 8.13. The molecular weight excluding hydrogens is 440 g/mol. The number of rotatable bonds is 8. The minimum absolute atomic E-state index is 0.0265. The van der Waals surface area contributed by atoms with E-state index in [1.54, 1.807) is 24.5 Å². The Morgan fingerprint density at radius 2 is 1.73 bits per heavy atom. The van der Waals surface area contributed by atoms with Crippen LogP contribution < -0.4 is 4.74 Å². The summed E-state index contributed by atoms with van der Waals surface area (Å²) in [5.41, 5.74) is 3.82. The molecule has 4 aromatic rings. The molecule has 2 aromatic heterocycles. The lowest BCUT2D eigenvalue weighted by Crippen LogP contribution is -2.19. The van der Waals surface area contributed by atoms with Crippen molar-refractivity contribution in [1.29, 1.82) is 0 Å². The summed E-state index contributed by atoms with van der Waals surface area (Å²) in [4.78, 5) is 25.9. The van der Waals surface area contributed by atoms with Crippen LogP contribution in [0.5, 0.6) is 5.75 Å². The van der Waals surface area contributed by atoms with Gasteiger partial charge in [-0.2, -0.15) is 0 Å². The molecule has 8 heteroatoms. The lowest BCUT2D eigenvalue weighted by Gasteiger charge is -2.11. The van der Waals surface area contributed by atoms with Gasteiger partial charge in [0.05, 0.1) is 22.0 Å². The van der Waals surface area contributed by atoms with E-state index < -0.39 is 5.97 Å². The number of imidazole rings is 1. The van der Waals surface area contributed by atoms with E-state index in [2.05, 4.69) is 14.9 Å². The van der Waals surface area contributed by atoms with Crippen molar-refractivity contribution >= 4 is 17.6 Å². The van der Waals surface area contributed by atoms with Crippen LogP contribution >= 0.6 is 11.6 Å². The highest BCUT2D eigenvalue weighted by molar-refractivity contribution is 6.33. The normalized spacial score (nSPS) is 11.0. The van der Waals surface area contributed by atoms with Crippen LogP contribution in [0.3, 0.4) is 0 Å². The maximum Gasteiger partial charge on any atom is 0.337 e. The molecule has 0 unspecified atom stereocenters. The van der Waals surface area contributed by atoms with Crippen LogP contribution in [0.1, 0.15) is 10.4 Å². The predicted octanol–water partition coefficient (Wildman–Crippen LogP) is 5.10. The zero-order valence-corrected chi connectivity index (χ0v) is 19.0. The number of nitrogens with one attached hydrogen (secondary N) is 1. The average molecular weight is 463 g/mol.